The van der Waals surface area contributed by atoms with E-state index in [1.54, 1.807) is 11.1 Å². The highest BCUT2D eigenvalue weighted by atomic mass is 15.1. The molecular formula is C53H42N3+. The van der Waals surface area contributed by atoms with E-state index >= 15 is 0 Å². The van der Waals surface area contributed by atoms with E-state index in [0.29, 0.717) is 17.7 Å². The Morgan fingerprint density at radius 2 is 1.09 bits per heavy atom. The summed E-state index contributed by atoms with van der Waals surface area (Å²) >= 11 is 0. The Hall–Kier alpha value is -6.28. The summed E-state index contributed by atoms with van der Waals surface area (Å²) in [4.78, 5) is 5.26. The molecule has 5 aliphatic carbocycles. The average Bonchev–Trinajstić information content (AvgIpc) is 3.56. The summed E-state index contributed by atoms with van der Waals surface area (Å²) < 4.78 is 5.36. The molecule has 1 spiro atoms. The second-order valence-electron chi connectivity index (χ2n) is 16.9. The van der Waals surface area contributed by atoms with Crippen LogP contribution in [0.25, 0.3) is 44.2 Å². The lowest BCUT2D eigenvalue weighted by Gasteiger charge is -2.61. The van der Waals surface area contributed by atoms with Crippen LogP contribution in [0.1, 0.15) is 59.9 Å². The molecule has 7 aromatic rings. The van der Waals surface area contributed by atoms with E-state index in [1.165, 1.54) is 65.1 Å². The van der Waals surface area contributed by atoms with Crippen LogP contribution in [-0.4, -0.2) is 17.5 Å². The first-order valence-corrected chi connectivity index (χ1v) is 20.5. The number of aliphatic imine (C=N–C) groups is 1. The largest absolute Gasteiger partial charge is 0.360 e. The van der Waals surface area contributed by atoms with E-state index < -0.39 is 0 Å². The minimum atomic E-state index is 0.0823. The molecule has 0 saturated heterocycles. The zero-order chi connectivity index (χ0) is 36.8. The quantitative estimate of drug-likeness (QED) is 0.177. The molecule has 4 fully saturated rings. The lowest BCUT2D eigenvalue weighted by molar-refractivity contribution is -0.0393. The van der Waals surface area contributed by atoms with Gasteiger partial charge in [0.1, 0.15) is 0 Å². The van der Waals surface area contributed by atoms with Crippen LogP contribution >= 0.6 is 0 Å². The van der Waals surface area contributed by atoms with Crippen molar-refractivity contribution >= 4 is 28.3 Å². The second-order valence-corrected chi connectivity index (χ2v) is 16.9. The van der Waals surface area contributed by atoms with Crippen LogP contribution < -0.4 is 9.98 Å². The molecule has 1 heterocycles. The summed E-state index contributed by atoms with van der Waals surface area (Å²) in [7, 11) is 0. The van der Waals surface area contributed by atoms with Crippen molar-refractivity contribution < 1.29 is 0 Å². The minimum Gasteiger partial charge on any atom is -0.229 e. The lowest BCUT2D eigenvalue weighted by atomic mass is 9.43. The maximum Gasteiger partial charge on any atom is 0.360 e. The molecule has 0 atom stereocenters. The molecule has 1 N–H and O–H groups in total. The van der Waals surface area contributed by atoms with Crippen LogP contribution in [0.4, 0.5) is 0 Å². The van der Waals surface area contributed by atoms with Gasteiger partial charge in [-0.2, -0.15) is 0 Å². The molecule has 3 heteroatoms. The van der Waals surface area contributed by atoms with Gasteiger partial charge in [-0.25, -0.2) is 9.98 Å². The summed E-state index contributed by atoms with van der Waals surface area (Å²) in [5.41, 5.74) is 13.8. The fourth-order valence-electron chi connectivity index (χ4n) is 11.9. The lowest BCUT2D eigenvalue weighted by Crippen LogP contribution is -2.55. The summed E-state index contributed by atoms with van der Waals surface area (Å²) in [6.45, 7) is 0. The normalized spacial score (nSPS) is 24.0. The van der Waals surface area contributed by atoms with E-state index in [1.807, 2.05) is 0 Å². The van der Waals surface area contributed by atoms with Gasteiger partial charge in [0.05, 0.1) is 16.7 Å². The van der Waals surface area contributed by atoms with Crippen molar-refractivity contribution in [2.45, 2.75) is 37.5 Å². The number of rotatable bonds is 5. The standard InChI is InChI=1S/C53H41N3/c1-3-11-35(12-4-1)38-16-9-18-40(30-38)50-54-51(41-19-10-17-39(31-41)36-13-5-2-6-14-36)56-52(55-50)42-22-24-48-47(32-42)46-23-21-37-15-7-8-20-45(37)49(46)53(48)43-26-33-25-34(28-43)29-44(53)27-33/h1-24,30-34,43-44H,25-29H2/p+1. The van der Waals surface area contributed by atoms with Gasteiger partial charge in [0.2, 0.25) is 0 Å². The van der Waals surface area contributed by atoms with Crippen molar-refractivity contribution in [2.24, 2.45) is 28.7 Å². The number of benzene rings is 7. The molecule has 0 unspecified atom stereocenters. The van der Waals surface area contributed by atoms with Gasteiger partial charge in [-0.1, -0.05) is 132 Å². The first-order chi connectivity index (χ1) is 27.7. The van der Waals surface area contributed by atoms with E-state index in [-0.39, 0.29) is 5.41 Å². The Kier molecular flexibility index (Phi) is 7.07. The number of fused-ring (bicyclic) bond motifs is 5. The molecule has 1 aliphatic heterocycles. The Balaban J connectivity index is 1.04. The Labute approximate surface area is 328 Å². The first kappa shape index (κ1) is 32.0. The highest BCUT2D eigenvalue weighted by Crippen LogP contribution is 2.70. The van der Waals surface area contributed by atoms with Crippen LogP contribution in [0, 0.1) is 23.7 Å². The molecular weight excluding hydrogens is 679 g/mol. The Bertz CT molecular complexity index is 2790. The molecule has 3 nitrogen and oxygen atoms in total. The molecule has 0 amide bonds. The highest BCUT2D eigenvalue weighted by molar-refractivity contribution is 6.23. The van der Waals surface area contributed by atoms with Crippen molar-refractivity contribution in [3.8, 4) is 33.4 Å². The maximum atomic E-state index is 5.36. The highest BCUT2D eigenvalue weighted by Gasteiger charge is 2.62. The van der Waals surface area contributed by atoms with Crippen molar-refractivity contribution in [1.29, 1.82) is 0 Å². The van der Waals surface area contributed by atoms with Crippen LogP contribution in [0.5, 0.6) is 0 Å². The number of nitrogens with one attached hydrogen (secondary N) is 1. The van der Waals surface area contributed by atoms with E-state index in [4.69, 9.17) is 9.66 Å². The monoisotopic (exact) mass is 720 g/mol. The zero-order valence-electron chi connectivity index (χ0n) is 31.3. The average molecular weight is 721 g/mol. The van der Waals surface area contributed by atoms with Crippen molar-refractivity contribution in [3.63, 3.8) is 0 Å². The van der Waals surface area contributed by atoms with Gasteiger partial charge < -0.3 is 0 Å². The molecule has 0 radical (unpaired) electrons. The smallest absolute Gasteiger partial charge is 0.229 e. The molecule has 0 aromatic heterocycles. The van der Waals surface area contributed by atoms with Gasteiger partial charge >= 0.3 is 11.7 Å². The van der Waals surface area contributed by atoms with Crippen molar-refractivity contribution in [1.82, 2.24) is 9.98 Å². The molecule has 7 aromatic carbocycles. The number of nitrogens with zero attached hydrogens (tertiary/aromatic N) is 2. The van der Waals surface area contributed by atoms with Gasteiger partial charge in [-0.05, 0) is 147 Å². The molecule has 13 rings (SSSR count). The number of hydrogen-bond donors (Lipinski definition) is 1. The van der Waals surface area contributed by atoms with Crippen LogP contribution in [0.3, 0.4) is 0 Å². The van der Waals surface area contributed by atoms with Crippen LogP contribution in [0.2, 0.25) is 0 Å². The van der Waals surface area contributed by atoms with E-state index in [2.05, 4.69) is 169 Å². The zero-order valence-corrected chi connectivity index (χ0v) is 31.3. The molecule has 56 heavy (non-hydrogen) atoms. The summed E-state index contributed by atoms with van der Waals surface area (Å²) in [6, 6.07) is 59.7. The molecule has 4 bridgehead atoms. The fourth-order valence-corrected chi connectivity index (χ4v) is 11.9. The van der Waals surface area contributed by atoms with Gasteiger partial charge in [0, 0.05) is 5.41 Å². The van der Waals surface area contributed by atoms with Crippen molar-refractivity contribution in [3.05, 3.63) is 192 Å². The minimum absolute atomic E-state index is 0.0823. The Morgan fingerprint density at radius 3 is 1.80 bits per heavy atom. The second kappa shape index (κ2) is 12.4. The van der Waals surface area contributed by atoms with Gasteiger partial charge in [0.25, 0.3) is 5.84 Å². The van der Waals surface area contributed by atoms with E-state index in [9.17, 15) is 0 Å². The topological polar surface area (TPSA) is 38.5 Å². The van der Waals surface area contributed by atoms with E-state index in [0.717, 1.165) is 51.3 Å². The van der Waals surface area contributed by atoms with Crippen molar-refractivity contribution in [2.75, 3.05) is 0 Å². The Morgan fingerprint density at radius 1 is 0.482 bits per heavy atom. The van der Waals surface area contributed by atoms with Crippen LogP contribution in [0.15, 0.2) is 169 Å². The predicted octanol–water partition coefficient (Wildman–Crippen LogP) is 11.2. The third-order valence-electron chi connectivity index (χ3n) is 13.9. The third kappa shape index (κ3) is 4.84. The summed E-state index contributed by atoms with van der Waals surface area (Å²) in [5, 5.41) is 6.57. The van der Waals surface area contributed by atoms with Gasteiger partial charge in [-0.15, -0.1) is 0 Å². The fraction of sp³-hybridized carbons (Fsp3) is 0.189. The van der Waals surface area contributed by atoms with Gasteiger partial charge in [-0.3, -0.25) is 0 Å². The summed E-state index contributed by atoms with van der Waals surface area (Å²) in [6.07, 6.45) is 6.93. The summed E-state index contributed by atoms with van der Waals surface area (Å²) in [5.74, 6) is 5.55. The molecule has 6 aliphatic rings. The molecule has 268 valence electrons. The van der Waals surface area contributed by atoms with Gasteiger partial charge in [0.15, 0.2) is 0 Å². The van der Waals surface area contributed by atoms with Crippen LogP contribution in [-0.2, 0) is 5.41 Å². The predicted molar refractivity (Wildman–Crippen MR) is 231 cm³/mol. The first-order valence-electron chi connectivity index (χ1n) is 20.5. The number of hydrogen-bond acceptors (Lipinski definition) is 2. The third-order valence-corrected chi connectivity index (χ3v) is 13.9. The maximum absolute atomic E-state index is 5.36. The number of amidine groups is 3. The molecule has 4 saturated carbocycles. The SMILES string of the molecule is c1ccc(-c2cccc(C3=NC(c4cccc(-c5ccccc5)c4)=[N+]=C(c4ccc5c(c4)-c4ccc6ccccc6c4C54C5CC6CC(C5)CC4C6)N3)c2)cc1.